The molecule has 0 saturated carbocycles. The molecule has 19 heavy (non-hydrogen) atoms. The normalized spacial score (nSPS) is 13.1. The van der Waals surface area contributed by atoms with E-state index in [9.17, 15) is 4.79 Å². The van der Waals surface area contributed by atoms with Crippen LogP contribution in [-0.2, 0) is 0 Å². The maximum absolute atomic E-state index is 10.8. The van der Waals surface area contributed by atoms with Gasteiger partial charge in [0.25, 0.3) is 0 Å². The zero-order chi connectivity index (χ0) is 13.2. The molecule has 96 valence electrons. The maximum atomic E-state index is 10.8. The van der Waals surface area contributed by atoms with Gasteiger partial charge in [-0.2, -0.15) is 0 Å². The molecule has 2 heterocycles. The molecule has 1 aliphatic heterocycles. The van der Waals surface area contributed by atoms with E-state index in [-0.39, 0.29) is 5.56 Å². The number of aromatic nitrogens is 1. The standard InChI is InChI=1S/C14H11NO4/c16-14(17)10-1-3-11(15-8-10)9-2-4-12-13(7-9)19-6-5-18-12/h1-4,7-8H,5-6H2,(H,16,17). The van der Waals surface area contributed by atoms with Crippen LogP contribution in [0, 0.1) is 0 Å². The van der Waals surface area contributed by atoms with Crippen molar-refractivity contribution < 1.29 is 19.4 Å². The first-order valence-electron chi connectivity index (χ1n) is 5.83. The molecule has 0 amide bonds. The third kappa shape index (κ3) is 2.22. The van der Waals surface area contributed by atoms with Crippen LogP contribution in [0.3, 0.4) is 0 Å². The number of carbonyl (C=O) groups is 1. The van der Waals surface area contributed by atoms with Gasteiger partial charge >= 0.3 is 5.97 Å². The number of hydrogen-bond acceptors (Lipinski definition) is 4. The average Bonchev–Trinajstić information content (AvgIpc) is 2.47. The molecule has 0 aliphatic carbocycles. The summed E-state index contributed by atoms with van der Waals surface area (Å²) in [6.45, 7) is 1.08. The minimum Gasteiger partial charge on any atom is -0.486 e. The molecule has 0 radical (unpaired) electrons. The lowest BCUT2D eigenvalue weighted by Crippen LogP contribution is -2.15. The van der Waals surface area contributed by atoms with Crippen LogP contribution in [0.25, 0.3) is 11.3 Å². The molecule has 0 fully saturated rings. The fourth-order valence-electron chi connectivity index (χ4n) is 1.89. The molecule has 3 rings (SSSR count). The average molecular weight is 257 g/mol. The highest BCUT2D eigenvalue weighted by atomic mass is 16.6. The molecule has 0 atom stereocenters. The van der Waals surface area contributed by atoms with Crippen molar-refractivity contribution in [2.75, 3.05) is 13.2 Å². The van der Waals surface area contributed by atoms with Gasteiger partial charge in [-0.1, -0.05) is 0 Å². The summed E-state index contributed by atoms with van der Waals surface area (Å²) in [5.41, 5.74) is 1.73. The zero-order valence-electron chi connectivity index (χ0n) is 10.00. The second-order valence-electron chi connectivity index (χ2n) is 4.10. The fourth-order valence-corrected chi connectivity index (χ4v) is 1.89. The molecule has 1 N–H and O–H groups in total. The van der Waals surface area contributed by atoms with Gasteiger partial charge in [0.05, 0.1) is 11.3 Å². The van der Waals surface area contributed by atoms with Crippen molar-refractivity contribution >= 4 is 5.97 Å². The Morgan fingerprint density at radius 2 is 1.89 bits per heavy atom. The summed E-state index contributed by atoms with van der Waals surface area (Å²) in [7, 11) is 0. The highest BCUT2D eigenvalue weighted by Gasteiger charge is 2.13. The third-order valence-electron chi connectivity index (χ3n) is 2.85. The summed E-state index contributed by atoms with van der Waals surface area (Å²) in [5.74, 6) is 0.422. The summed E-state index contributed by atoms with van der Waals surface area (Å²) in [6, 6.07) is 8.75. The molecular formula is C14H11NO4. The molecule has 5 nitrogen and oxygen atoms in total. The van der Waals surface area contributed by atoms with E-state index in [0.717, 1.165) is 11.3 Å². The smallest absolute Gasteiger partial charge is 0.337 e. The van der Waals surface area contributed by atoms with Gasteiger partial charge in [0.2, 0.25) is 0 Å². The molecule has 5 heteroatoms. The quantitative estimate of drug-likeness (QED) is 0.893. The van der Waals surface area contributed by atoms with Gasteiger partial charge in [0, 0.05) is 11.8 Å². The molecule has 2 aromatic rings. The number of benzene rings is 1. The monoisotopic (exact) mass is 257 g/mol. The third-order valence-corrected chi connectivity index (χ3v) is 2.85. The Hall–Kier alpha value is -2.56. The van der Waals surface area contributed by atoms with Crippen LogP contribution in [0.1, 0.15) is 10.4 Å². The lowest BCUT2D eigenvalue weighted by molar-refractivity contribution is 0.0696. The summed E-state index contributed by atoms with van der Waals surface area (Å²) in [6.07, 6.45) is 1.34. The van der Waals surface area contributed by atoms with E-state index in [1.54, 1.807) is 6.07 Å². The van der Waals surface area contributed by atoms with Crippen molar-refractivity contribution in [3.63, 3.8) is 0 Å². The number of pyridine rings is 1. The first-order chi connectivity index (χ1) is 9.24. The molecule has 1 aromatic heterocycles. The number of fused-ring (bicyclic) bond motifs is 1. The van der Waals surface area contributed by atoms with Crippen LogP contribution in [-0.4, -0.2) is 29.3 Å². The van der Waals surface area contributed by atoms with E-state index in [0.29, 0.717) is 24.7 Å². The van der Waals surface area contributed by atoms with Gasteiger partial charge in [-0.05, 0) is 30.3 Å². The first-order valence-corrected chi connectivity index (χ1v) is 5.83. The minimum atomic E-state index is -0.985. The van der Waals surface area contributed by atoms with Gasteiger partial charge in [-0.25, -0.2) is 4.79 Å². The predicted octanol–water partition coefficient (Wildman–Crippen LogP) is 2.22. The minimum absolute atomic E-state index is 0.168. The first kappa shape index (κ1) is 11.5. The van der Waals surface area contributed by atoms with Crippen molar-refractivity contribution in [1.29, 1.82) is 0 Å². The summed E-state index contributed by atoms with van der Waals surface area (Å²) >= 11 is 0. The van der Waals surface area contributed by atoms with Crippen molar-refractivity contribution in [1.82, 2.24) is 4.98 Å². The van der Waals surface area contributed by atoms with Crippen LogP contribution in [0.15, 0.2) is 36.5 Å². The number of aromatic carboxylic acids is 1. The van der Waals surface area contributed by atoms with E-state index in [4.69, 9.17) is 14.6 Å². The lowest BCUT2D eigenvalue weighted by atomic mass is 10.1. The topological polar surface area (TPSA) is 68.7 Å². The highest BCUT2D eigenvalue weighted by molar-refractivity contribution is 5.87. The molecule has 0 bridgehead atoms. The van der Waals surface area contributed by atoms with Gasteiger partial charge in [0.15, 0.2) is 11.5 Å². The molecule has 0 saturated heterocycles. The molecule has 1 aliphatic rings. The number of carboxylic acid groups (broad SMARTS) is 1. The molecule has 0 unspecified atom stereocenters. The van der Waals surface area contributed by atoms with Crippen molar-refractivity contribution in [2.45, 2.75) is 0 Å². The van der Waals surface area contributed by atoms with Crippen molar-refractivity contribution in [2.24, 2.45) is 0 Å². The Labute approximate surface area is 109 Å². The Bertz CT molecular complexity index is 622. The summed E-state index contributed by atoms with van der Waals surface area (Å²) < 4.78 is 10.9. The van der Waals surface area contributed by atoms with Gasteiger partial charge < -0.3 is 14.6 Å². The largest absolute Gasteiger partial charge is 0.486 e. The van der Waals surface area contributed by atoms with Gasteiger partial charge in [0.1, 0.15) is 13.2 Å². The fraction of sp³-hybridized carbons (Fsp3) is 0.143. The van der Waals surface area contributed by atoms with E-state index in [1.165, 1.54) is 12.3 Å². The van der Waals surface area contributed by atoms with Crippen LogP contribution < -0.4 is 9.47 Å². The number of ether oxygens (including phenoxy) is 2. The number of hydrogen-bond donors (Lipinski definition) is 1. The van der Waals surface area contributed by atoms with E-state index in [2.05, 4.69) is 4.98 Å². The SMILES string of the molecule is O=C(O)c1ccc(-c2ccc3c(c2)OCCO3)nc1. The molecular weight excluding hydrogens is 246 g/mol. The van der Waals surface area contributed by atoms with Crippen molar-refractivity contribution in [3.05, 3.63) is 42.1 Å². The van der Waals surface area contributed by atoms with E-state index < -0.39 is 5.97 Å². The van der Waals surface area contributed by atoms with E-state index in [1.807, 2.05) is 18.2 Å². The van der Waals surface area contributed by atoms with Crippen molar-refractivity contribution in [3.8, 4) is 22.8 Å². The number of rotatable bonds is 2. The van der Waals surface area contributed by atoms with E-state index >= 15 is 0 Å². The number of carboxylic acids is 1. The molecule has 1 aromatic carbocycles. The van der Waals surface area contributed by atoms with Crippen LogP contribution in [0.2, 0.25) is 0 Å². The van der Waals surface area contributed by atoms with Crippen LogP contribution >= 0.6 is 0 Å². The second kappa shape index (κ2) is 4.61. The number of nitrogens with zero attached hydrogens (tertiary/aromatic N) is 1. The second-order valence-corrected chi connectivity index (χ2v) is 4.10. The summed E-state index contributed by atoms with van der Waals surface area (Å²) in [5, 5.41) is 8.83. The van der Waals surface area contributed by atoms with Gasteiger partial charge in [-0.3, -0.25) is 4.98 Å². The van der Waals surface area contributed by atoms with Crippen LogP contribution in [0.5, 0.6) is 11.5 Å². The molecule has 0 spiro atoms. The Morgan fingerprint density at radius 1 is 1.11 bits per heavy atom. The lowest BCUT2D eigenvalue weighted by Gasteiger charge is -2.18. The predicted molar refractivity (Wildman–Crippen MR) is 67.6 cm³/mol. The van der Waals surface area contributed by atoms with Gasteiger partial charge in [-0.15, -0.1) is 0 Å². The highest BCUT2D eigenvalue weighted by Crippen LogP contribution is 2.33. The Morgan fingerprint density at radius 3 is 2.58 bits per heavy atom. The maximum Gasteiger partial charge on any atom is 0.337 e. The summed E-state index contributed by atoms with van der Waals surface area (Å²) in [4.78, 5) is 14.9. The van der Waals surface area contributed by atoms with Crippen LogP contribution in [0.4, 0.5) is 0 Å². The Kier molecular flexibility index (Phi) is 2.79. The zero-order valence-corrected chi connectivity index (χ0v) is 10.00. The Balaban J connectivity index is 1.95.